The lowest BCUT2D eigenvalue weighted by Crippen LogP contribution is -2.18. The highest BCUT2D eigenvalue weighted by Gasteiger charge is 2.27. The zero-order valence-corrected chi connectivity index (χ0v) is 9.55. The van der Waals surface area contributed by atoms with Crippen molar-refractivity contribution in [2.24, 2.45) is 0 Å². The van der Waals surface area contributed by atoms with Gasteiger partial charge >= 0.3 is 5.97 Å². The molecule has 0 spiro atoms. The Balaban J connectivity index is 3.08. The molecule has 7 nitrogen and oxygen atoms in total. The maximum Gasteiger partial charge on any atom is 0.328 e. The average Bonchev–Trinajstić information content (AvgIpc) is 2.29. The minimum absolute atomic E-state index is 0.166. The summed E-state index contributed by atoms with van der Waals surface area (Å²) >= 11 is -2.45. The van der Waals surface area contributed by atoms with Crippen molar-refractivity contribution in [2.75, 3.05) is 7.11 Å². The molecule has 1 aromatic rings. The van der Waals surface area contributed by atoms with Gasteiger partial charge in [0.05, 0.1) is 12.0 Å². The number of methoxy groups -OCH3 is 1. The number of carbonyl (C=O) groups excluding carboxylic acids is 1. The molecule has 1 aromatic carbocycles. The number of rotatable bonds is 4. The lowest BCUT2D eigenvalue weighted by Gasteiger charge is -2.10. The Bertz CT molecular complexity index is 457. The van der Waals surface area contributed by atoms with Crippen LogP contribution in [-0.2, 0) is 20.6 Å². The van der Waals surface area contributed by atoms with E-state index in [1.54, 1.807) is 0 Å². The van der Waals surface area contributed by atoms with E-state index in [1.165, 1.54) is 12.1 Å². The van der Waals surface area contributed by atoms with Gasteiger partial charge in [-0.05, 0) is 5.56 Å². The van der Waals surface area contributed by atoms with E-state index in [9.17, 15) is 19.1 Å². The Morgan fingerprint density at radius 3 is 2.35 bits per heavy atom. The molecule has 0 aromatic heterocycles. The molecule has 2 atom stereocenters. The molecule has 0 saturated carbocycles. The van der Waals surface area contributed by atoms with Crippen molar-refractivity contribution in [3.63, 3.8) is 0 Å². The van der Waals surface area contributed by atoms with Crippen LogP contribution in [0.3, 0.4) is 0 Å². The molecule has 2 unspecified atom stereocenters. The average molecular weight is 259 g/mol. The maximum absolute atomic E-state index is 11.3. The third kappa shape index (κ3) is 3.08. The van der Waals surface area contributed by atoms with E-state index in [0.29, 0.717) is 0 Å². The molecule has 0 bridgehead atoms. The van der Waals surface area contributed by atoms with Gasteiger partial charge in [-0.3, -0.25) is 14.9 Å². The Labute approximate surface area is 98.8 Å². The van der Waals surface area contributed by atoms with Crippen molar-refractivity contribution in [1.29, 1.82) is 0 Å². The summed E-state index contributed by atoms with van der Waals surface area (Å²) in [5.74, 6) is -0.875. The van der Waals surface area contributed by atoms with Crippen LogP contribution in [0.5, 0.6) is 0 Å². The molecule has 0 aliphatic heterocycles. The molecule has 0 heterocycles. The van der Waals surface area contributed by atoms with Gasteiger partial charge < -0.3 is 9.29 Å². The van der Waals surface area contributed by atoms with Gasteiger partial charge in [0, 0.05) is 12.1 Å². The standard InChI is InChI=1S/C9H9NO6S/c1-16-9(11)8(17(14)15)6-2-4-7(5-3-6)10(12)13/h2-5,8H,1H3,(H,14,15). The molecule has 0 aliphatic carbocycles. The lowest BCUT2D eigenvalue weighted by molar-refractivity contribution is -0.384. The van der Waals surface area contributed by atoms with Crippen molar-refractivity contribution in [1.82, 2.24) is 0 Å². The molecule has 0 fully saturated rings. The molecular formula is C9H9NO6S. The third-order valence-corrected chi connectivity index (χ3v) is 2.89. The van der Waals surface area contributed by atoms with Crippen LogP contribution < -0.4 is 0 Å². The maximum atomic E-state index is 11.3. The van der Waals surface area contributed by atoms with Crippen LogP contribution in [0, 0.1) is 10.1 Å². The van der Waals surface area contributed by atoms with E-state index in [0.717, 1.165) is 19.2 Å². The molecule has 17 heavy (non-hydrogen) atoms. The fraction of sp³-hybridized carbons (Fsp3) is 0.222. The summed E-state index contributed by atoms with van der Waals surface area (Å²) in [5.41, 5.74) is 0.0179. The van der Waals surface area contributed by atoms with Crippen molar-refractivity contribution < 1.29 is 23.2 Å². The zero-order valence-electron chi connectivity index (χ0n) is 8.73. The second kappa shape index (κ2) is 5.51. The third-order valence-electron chi connectivity index (χ3n) is 2.02. The first-order valence-corrected chi connectivity index (χ1v) is 5.56. The Morgan fingerprint density at radius 1 is 1.47 bits per heavy atom. The predicted octanol–water partition coefficient (Wildman–Crippen LogP) is 1.03. The first-order chi connectivity index (χ1) is 7.97. The Kier molecular flexibility index (Phi) is 4.30. The normalized spacial score (nSPS) is 13.8. The fourth-order valence-corrected chi connectivity index (χ4v) is 1.86. The van der Waals surface area contributed by atoms with Gasteiger partial charge in [-0.2, -0.15) is 0 Å². The Hall–Kier alpha value is -1.80. The number of hydrogen-bond acceptors (Lipinski definition) is 5. The van der Waals surface area contributed by atoms with Gasteiger partial charge in [-0.15, -0.1) is 0 Å². The van der Waals surface area contributed by atoms with E-state index in [4.69, 9.17) is 4.55 Å². The number of hydrogen-bond donors (Lipinski definition) is 1. The molecular weight excluding hydrogens is 250 g/mol. The number of nitro groups is 1. The number of nitro benzene ring substituents is 1. The van der Waals surface area contributed by atoms with Crippen LogP contribution in [0.2, 0.25) is 0 Å². The van der Waals surface area contributed by atoms with Gasteiger partial charge in [0.15, 0.2) is 16.3 Å². The summed E-state index contributed by atoms with van der Waals surface area (Å²) in [6, 6.07) is 4.79. The first kappa shape index (κ1) is 13.3. The number of non-ortho nitro benzene ring substituents is 1. The second-order valence-corrected chi connectivity index (χ2v) is 4.05. The van der Waals surface area contributed by atoms with Crippen LogP contribution in [0.25, 0.3) is 0 Å². The van der Waals surface area contributed by atoms with Gasteiger partial charge in [0.25, 0.3) is 5.69 Å². The summed E-state index contributed by atoms with van der Waals surface area (Å²) in [5, 5.41) is 9.05. The SMILES string of the molecule is COC(=O)C(c1ccc([N+](=O)[O-])cc1)S(=O)O. The quantitative estimate of drug-likeness (QED) is 0.374. The van der Waals surface area contributed by atoms with Crippen LogP contribution in [0.1, 0.15) is 10.8 Å². The molecule has 1 rings (SSSR count). The molecule has 8 heteroatoms. The van der Waals surface area contributed by atoms with Gasteiger partial charge in [-0.25, -0.2) is 4.21 Å². The molecule has 1 N–H and O–H groups in total. The molecule has 0 aliphatic rings. The summed E-state index contributed by atoms with van der Waals surface area (Å²) in [7, 11) is 1.09. The van der Waals surface area contributed by atoms with E-state index in [-0.39, 0.29) is 11.3 Å². The number of nitrogens with zero attached hydrogens (tertiary/aromatic N) is 1. The minimum Gasteiger partial charge on any atom is -0.468 e. The largest absolute Gasteiger partial charge is 0.468 e. The highest BCUT2D eigenvalue weighted by molar-refractivity contribution is 7.80. The van der Waals surface area contributed by atoms with Gasteiger partial charge in [0.1, 0.15) is 0 Å². The van der Waals surface area contributed by atoms with E-state index in [1.807, 2.05) is 0 Å². The fourth-order valence-electron chi connectivity index (χ4n) is 1.21. The highest BCUT2D eigenvalue weighted by atomic mass is 32.2. The molecule has 0 amide bonds. The second-order valence-electron chi connectivity index (χ2n) is 3.03. The number of esters is 1. The van der Waals surface area contributed by atoms with Gasteiger partial charge in [-0.1, -0.05) is 12.1 Å². The summed E-state index contributed by atoms with van der Waals surface area (Å²) in [6.07, 6.45) is 0. The van der Waals surface area contributed by atoms with Gasteiger partial charge in [0.2, 0.25) is 0 Å². The van der Waals surface area contributed by atoms with Crippen molar-refractivity contribution in [3.8, 4) is 0 Å². The van der Waals surface area contributed by atoms with Crippen molar-refractivity contribution >= 4 is 22.7 Å². The van der Waals surface area contributed by atoms with E-state index < -0.39 is 27.2 Å². The van der Waals surface area contributed by atoms with Crippen molar-refractivity contribution in [3.05, 3.63) is 39.9 Å². The van der Waals surface area contributed by atoms with Crippen LogP contribution in [0.15, 0.2) is 24.3 Å². The van der Waals surface area contributed by atoms with Crippen molar-refractivity contribution in [2.45, 2.75) is 5.25 Å². The molecule has 0 radical (unpaired) electrons. The predicted molar refractivity (Wildman–Crippen MR) is 58.6 cm³/mol. The topological polar surface area (TPSA) is 107 Å². The number of benzene rings is 1. The molecule has 0 saturated heterocycles. The highest BCUT2D eigenvalue weighted by Crippen LogP contribution is 2.22. The van der Waals surface area contributed by atoms with Crippen LogP contribution in [0.4, 0.5) is 5.69 Å². The number of ether oxygens (including phenoxy) is 1. The minimum atomic E-state index is -2.45. The summed E-state index contributed by atoms with van der Waals surface area (Å²) in [6.45, 7) is 0. The number of carbonyl (C=O) groups is 1. The zero-order chi connectivity index (χ0) is 13.0. The van der Waals surface area contributed by atoms with E-state index in [2.05, 4.69) is 4.74 Å². The molecule has 92 valence electrons. The monoisotopic (exact) mass is 259 g/mol. The Morgan fingerprint density at radius 2 is 2.00 bits per heavy atom. The smallest absolute Gasteiger partial charge is 0.328 e. The van der Waals surface area contributed by atoms with Crippen LogP contribution in [-0.4, -0.2) is 26.8 Å². The van der Waals surface area contributed by atoms with E-state index >= 15 is 0 Å². The lowest BCUT2D eigenvalue weighted by atomic mass is 10.1. The summed E-state index contributed by atoms with van der Waals surface area (Å²) < 4.78 is 24.4. The van der Waals surface area contributed by atoms with Crippen LogP contribution >= 0.6 is 0 Å². The summed E-state index contributed by atoms with van der Waals surface area (Å²) in [4.78, 5) is 21.1. The first-order valence-electron chi connectivity index (χ1n) is 4.39.